The highest BCUT2D eigenvalue weighted by Crippen LogP contribution is 2.39. The fraction of sp³-hybridized carbons (Fsp3) is 0.0588. The molecule has 0 N–H and O–H groups in total. The number of carbonyl (C=O) groups is 1. The second-order valence-electron chi connectivity index (χ2n) is 4.74. The molecule has 1 aliphatic rings. The molecule has 1 amide bonds. The van der Waals surface area contributed by atoms with Crippen molar-refractivity contribution in [3.05, 3.63) is 64.8 Å². The lowest BCUT2D eigenvalue weighted by Crippen LogP contribution is -2.27. The van der Waals surface area contributed by atoms with Crippen molar-refractivity contribution in [3.8, 4) is 5.75 Å². The van der Waals surface area contributed by atoms with Gasteiger partial charge in [0.25, 0.3) is 5.91 Å². The number of hydrogen-bond acceptors (Lipinski definition) is 4. The first-order valence-electron chi connectivity index (χ1n) is 6.76. The van der Waals surface area contributed by atoms with Crippen LogP contribution in [-0.4, -0.2) is 17.3 Å². The highest BCUT2D eigenvalue weighted by atomic mass is 32.2. The lowest BCUT2D eigenvalue weighted by atomic mass is 10.2. The minimum atomic E-state index is -0.348. The van der Waals surface area contributed by atoms with E-state index in [4.69, 9.17) is 17.0 Å². The summed E-state index contributed by atoms with van der Waals surface area (Å²) >= 11 is 6.51. The quantitative estimate of drug-likeness (QED) is 0.615. The Morgan fingerprint density at radius 3 is 2.74 bits per heavy atom. The first-order valence-corrected chi connectivity index (χ1v) is 7.99. The summed E-state index contributed by atoms with van der Waals surface area (Å²) in [4.78, 5) is 14.6. The largest absolute Gasteiger partial charge is 0.495 e. The van der Waals surface area contributed by atoms with E-state index in [0.29, 0.717) is 26.2 Å². The van der Waals surface area contributed by atoms with Gasteiger partial charge in [0.1, 0.15) is 11.6 Å². The summed E-state index contributed by atoms with van der Waals surface area (Å²) in [5.74, 6) is -0.0245. The number of benzene rings is 2. The van der Waals surface area contributed by atoms with Gasteiger partial charge in [-0.2, -0.15) is 0 Å². The van der Waals surface area contributed by atoms with Crippen molar-refractivity contribution in [1.82, 2.24) is 0 Å². The van der Waals surface area contributed by atoms with Gasteiger partial charge in [-0.25, -0.2) is 4.39 Å². The number of carbonyl (C=O) groups excluding carboxylic acids is 1. The summed E-state index contributed by atoms with van der Waals surface area (Å²) in [5.41, 5.74) is 1.21. The summed E-state index contributed by atoms with van der Waals surface area (Å²) in [6.07, 6.45) is 1.64. The average Bonchev–Trinajstić information content (AvgIpc) is 2.81. The van der Waals surface area contributed by atoms with Gasteiger partial charge in [-0.3, -0.25) is 9.69 Å². The molecule has 3 rings (SSSR count). The summed E-state index contributed by atoms with van der Waals surface area (Å²) in [5, 5.41) is 0. The number of nitrogens with zero attached hydrogens (tertiary/aromatic N) is 1. The van der Waals surface area contributed by atoms with Crippen LogP contribution in [0.2, 0.25) is 0 Å². The zero-order valence-electron chi connectivity index (χ0n) is 12.2. The predicted molar refractivity (Wildman–Crippen MR) is 95.0 cm³/mol. The molecule has 1 aliphatic heterocycles. The van der Waals surface area contributed by atoms with Gasteiger partial charge in [-0.05, 0) is 35.9 Å². The number of methoxy groups -OCH3 is 1. The van der Waals surface area contributed by atoms with Crippen molar-refractivity contribution >= 4 is 46.0 Å². The number of thioether (sulfide) groups is 1. The van der Waals surface area contributed by atoms with Gasteiger partial charge in [0.05, 0.1) is 17.7 Å². The summed E-state index contributed by atoms with van der Waals surface area (Å²) in [7, 11) is 1.54. The maximum Gasteiger partial charge on any atom is 0.270 e. The van der Waals surface area contributed by atoms with Crippen LogP contribution in [0, 0.1) is 5.82 Å². The van der Waals surface area contributed by atoms with Crippen molar-refractivity contribution < 1.29 is 13.9 Å². The number of para-hydroxylation sites is 2. The zero-order valence-corrected chi connectivity index (χ0v) is 13.8. The predicted octanol–water partition coefficient (Wildman–Crippen LogP) is 4.24. The Hall–Kier alpha value is -2.18. The summed E-state index contributed by atoms with van der Waals surface area (Å²) in [6, 6.07) is 13.2. The van der Waals surface area contributed by atoms with Crippen molar-refractivity contribution in [3.63, 3.8) is 0 Å². The van der Waals surface area contributed by atoms with E-state index < -0.39 is 0 Å². The molecule has 0 saturated carbocycles. The number of amides is 1. The highest BCUT2D eigenvalue weighted by Gasteiger charge is 2.34. The standard InChI is InChI=1S/C17H12FNO2S2/c1-21-14-8-3-2-7-13(14)19-16(20)15(23-17(19)22)10-11-5-4-6-12(18)9-11/h2-10H,1H3/b15-10-. The lowest BCUT2D eigenvalue weighted by Gasteiger charge is -2.17. The highest BCUT2D eigenvalue weighted by molar-refractivity contribution is 8.27. The lowest BCUT2D eigenvalue weighted by molar-refractivity contribution is -0.113. The van der Waals surface area contributed by atoms with E-state index in [2.05, 4.69) is 0 Å². The van der Waals surface area contributed by atoms with E-state index >= 15 is 0 Å². The van der Waals surface area contributed by atoms with Crippen molar-refractivity contribution in [2.45, 2.75) is 0 Å². The van der Waals surface area contributed by atoms with Crippen LogP contribution in [0.4, 0.5) is 10.1 Å². The molecular weight excluding hydrogens is 333 g/mol. The Morgan fingerprint density at radius 1 is 1.22 bits per heavy atom. The number of rotatable bonds is 3. The van der Waals surface area contributed by atoms with Gasteiger partial charge in [0.2, 0.25) is 0 Å². The Bertz CT molecular complexity index is 820. The third-order valence-electron chi connectivity index (χ3n) is 3.27. The third-order valence-corrected chi connectivity index (χ3v) is 4.57. The van der Waals surface area contributed by atoms with E-state index in [1.165, 1.54) is 28.8 Å². The van der Waals surface area contributed by atoms with E-state index in [9.17, 15) is 9.18 Å². The monoisotopic (exact) mass is 345 g/mol. The van der Waals surface area contributed by atoms with E-state index in [0.717, 1.165) is 0 Å². The molecule has 0 aliphatic carbocycles. The first-order chi connectivity index (χ1) is 11.1. The first kappa shape index (κ1) is 15.7. The Kier molecular flexibility index (Phi) is 4.45. The molecule has 0 bridgehead atoms. The number of halogens is 1. The van der Waals surface area contributed by atoms with Gasteiger partial charge in [-0.15, -0.1) is 0 Å². The fourth-order valence-electron chi connectivity index (χ4n) is 2.24. The van der Waals surface area contributed by atoms with Gasteiger partial charge < -0.3 is 4.74 Å². The molecule has 3 nitrogen and oxygen atoms in total. The topological polar surface area (TPSA) is 29.5 Å². The average molecular weight is 345 g/mol. The van der Waals surface area contributed by atoms with Crippen LogP contribution in [0.1, 0.15) is 5.56 Å². The minimum absolute atomic E-state index is 0.242. The van der Waals surface area contributed by atoms with Crippen LogP contribution in [-0.2, 0) is 4.79 Å². The van der Waals surface area contributed by atoms with E-state index in [-0.39, 0.29) is 11.7 Å². The second kappa shape index (κ2) is 6.52. The summed E-state index contributed by atoms with van der Waals surface area (Å²) in [6.45, 7) is 0. The van der Waals surface area contributed by atoms with Crippen molar-refractivity contribution in [1.29, 1.82) is 0 Å². The van der Waals surface area contributed by atoms with E-state index in [1.807, 2.05) is 12.1 Å². The van der Waals surface area contributed by atoms with Crippen LogP contribution in [0.3, 0.4) is 0 Å². The maximum atomic E-state index is 13.3. The minimum Gasteiger partial charge on any atom is -0.495 e. The van der Waals surface area contributed by atoms with Gasteiger partial charge >= 0.3 is 0 Å². The van der Waals surface area contributed by atoms with Crippen LogP contribution >= 0.6 is 24.0 Å². The molecular formula is C17H12FNO2S2. The molecule has 0 aromatic heterocycles. The Morgan fingerprint density at radius 2 is 2.00 bits per heavy atom. The molecule has 0 atom stereocenters. The zero-order chi connectivity index (χ0) is 16.4. The van der Waals surface area contributed by atoms with Crippen molar-refractivity contribution in [2.75, 3.05) is 12.0 Å². The molecule has 6 heteroatoms. The van der Waals surface area contributed by atoms with Crippen LogP contribution in [0.5, 0.6) is 5.75 Å². The molecule has 116 valence electrons. The fourth-order valence-corrected chi connectivity index (χ4v) is 3.52. The molecule has 1 heterocycles. The SMILES string of the molecule is COc1ccccc1N1C(=O)/C(=C/c2cccc(F)c2)SC1=S. The number of hydrogen-bond donors (Lipinski definition) is 0. The third kappa shape index (κ3) is 3.13. The van der Waals surface area contributed by atoms with Crippen LogP contribution in [0.15, 0.2) is 53.4 Å². The van der Waals surface area contributed by atoms with Crippen LogP contribution < -0.4 is 9.64 Å². The van der Waals surface area contributed by atoms with Crippen LogP contribution in [0.25, 0.3) is 6.08 Å². The molecule has 2 aromatic rings. The van der Waals surface area contributed by atoms with Gasteiger partial charge in [0.15, 0.2) is 4.32 Å². The second-order valence-corrected chi connectivity index (χ2v) is 6.42. The normalized spacial score (nSPS) is 16.3. The molecule has 23 heavy (non-hydrogen) atoms. The number of thiocarbonyl (C=S) groups is 1. The molecule has 0 unspecified atom stereocenters. The Labute approximate surface area is 142 Å². The molecule has 1 fully saturated rings. The number of anilines is 1. The van der Waals surface area contributed by atoms with Gasteiger partial charge in [-0.1, -0.05) is 48.2 Å². The maximum absolute atomic E-state index is 13.3. The molecule has 1 saturated heterocycles. The molecule has 2 aromatic carbocycles. The Balaban J connectivity index is 1.97. The smallest absolute Gasteiger partial charge is 0.270 e. The number of ether oxygens (including phenoxy) is 1. The van der Waals surface area contributed by atoms with Gasteiger partial charge in [0, 0.05) is 0 Å². The van der Waals surface area contributed by atoms with E-state index in [1.54, 1.807) is 37.5 Å². The summed E-state index contributed by atoms with van der Waals surface area (Å²) < 4.78 is 19.0. The molecule has 0 radical (unpaired) electrons. The molecule has 0 spiro atoms. The van der Waals surface area contributed by atoms with Crippen molar-refractivity contribution in [2.24, 2.45) is 0 Å².